The van der Waals surface area contributed by atoms with E-state index in [0.717, 1.165) is 38.4 Å². The number of rotatable bonds is 8. The number of aliphatic imine (C=N–C) groups is 1. The number of nitrogens with one attached hydrogen (secondary N) is 2. The summed E-state index contributed by atoms with van der Waals surface area (Å²) >= 11 is 0. The van der Waals surface area contributed by atoms with E-state index >= 15 is 0 Å². The molecule has 0 amide bonds. The quantitative estimate of drug-likeness (QED) is 0.175. The van der Waals surface area contributed by atoms with E-state index in [-0.39, 0.29) is 29.7 Å². The summed E-state index contributed by atoms with van der Waals surface area (Å²) in [7, 11) is 0. The van der Waals surface area contributed by atoms with E-state index in [9.17, 15) is 10.1 Å². The van der Waals surface area contributed by atoms with Crippen LogP contribution >= 0.6 is 24.0 Å². The number of halogens is 1. The highest BCUT2D eigenvalue weighted by molar-refractivity contribution is 14.0. The molecule has 2 unspecified atom stereocenters. The van der Waals surface area contributed by atoms with Crippen molar-refractivity contribution in [3.8, 4) is 0 Å². The molecule has 1 saturated heterocycles. The van der Waals surface area contributed by atoms with Gasteiger partial charge in [0.15, 0.2) is 5.96 Å². The Labute approximate surface area is 200 Å². The molecule has 1 aromatic carbocycles. The molecule has 0 bridgehead atoms. The van der Waals surface area contributed by atoms with Gasteiger partial charge in [0, 0.05) is 31.7 Å². The Morgan fingerprint density at radius 2 is 2.13 bits per heavy atom. The van der Waals surface area contributed by atoms with Crippen molar-refractivity contribution in [1.82, 2.24) is 25.3 Å². The van der Waals surface area contributed by atoms with Gasteiger partial charge in [-0.05, 0) is 32.3 Å². The van der Waals surface area contributed by atoms with Crippen molar-refractivity contribution >= 4 is 35.6 Å². The fraction of sp³-hybridized carbons (Fsp3) is 0.524. The number of hydrogen-bond acceptors (Lipinski definition) is 5. The Kier molecular flexibility index (Phi) is 10.2. The van der Waals surface area contributed by atoms with E-state index in [1.54, 1.807) is 4.68 Å². The van der Waals surface area contributed by atoms with Gasteiger partial charge in [0.25, 0.3) is 0 Å². The lowest BCUT2D eigenvalue weighted by molar-refractivity contribution is -0.385. The summed E-state index contributed by atoms with van der Waals surface area (Å²) in [5.41, 5.74) is 1.35. The van der Waals surface area contributed by atoms with Gasteiger partial charge < -0.3 is 10.6 Å². The highest BCUT2D eigenvalue weighted by Crippen LogP contribution is 2.20. The van der Waals surface area contributed by atoms with E-state index < -0.39 is 4.92 Å². The van der Waals surface area contributed by atoms with Crippen LogP contribution in [0.1, 0.15) is 32.3 Å². The van der Waals surface area contributed by atoms with Gasteiger partial charge in [-0.15, -0.1) is 24.0 Å². The van der Waals surface area contributed by atoms with E-state index in [1.807, 2.05) is 6.92 Å². The van der Waals surface area contributed by atoms with Gasteiger partial charge in [-0.2, -0.15) is 5.10 Å². The van der Waals surface area contributed by atoms with Gasteiger partial charge in [-0.25, -0.2) is 0 Å². The number of aromatic nitrogens is 2. The van der Waals surface area contributed by atoms with Crippen molar-refractivity contribution in [2.75, 3.05) is 19.6 Å². The van der Waals surface area contributed by atoms with Crippen LogP contribution in [0.15, 0.2) is 47.7 Å². The summed E-state index contributed by atoms with van der Waals surface area (Å²) in [6.07, 6.45) is 4.81. The Morgan fingerprint density at radius 3 is 2.77 bits per heavy atom. The van der Waals surface area contributed by atoms with E-state index in [0.29, 0.717) is 25.2 Å². The highest BCUT2D eigenvalue weighted by atomic mass is 127. The third-order valence-corrected chi connectivity index (χ3v) is 5.36. The zero-order chi connectivity index (χ0) is 21.3. The molecule has 0 saturated carbocycles. The molecule has 9 nitrogen and oxygen atoms in total. The Bertz CT molecular complexity index is 843. The lowest BCUT2D eigenvalue weighted by atomic mass is 9.97. The molecule has 2 atom stereocenters. The number of likely N-dealkylation sites (tertiary alicyclic amines) is 1. The van der Waals surface area contributed by atoms with Crippen LogP contribution in [-0.2, 0) is 13.1 Å². The first kappa shape index (κ1) is 25.1. The number of nitro groups is 1. The summed E-state index contributed by atoms with van der Waals surface area (Å²) < 4.78 is 1.55. The zero-order valence-corrected chi connectivity index (χ0v) is 20.4. The second-order valence-corrected chi connectivity index (χ2v) is 7.65. The molecule has 2 aromatic rings. The normalized spacial score (nSPS) is 19.5. The van der Waals surface area contributed by atoms with Crippen LogP contribution in [0, 0.1) is 10.1 Å². The SMILES string of the molecule is CCNC(=NCCn1cc([N+](=O)[O-])cn1)NC1CCN(Cc2ccccc2)C(C)C1.I. The third kappa shape index (κ3) is 7.76. The third-order valence-electron chi connectivity index (χ3n) is 5.36. The van der Waals surface area contributed by atoms with Gasteiger partial charge in [0.05, 0.1) is 18.0 Å². The van der Waals surface area contributed by atoms with Crippen molar-refractivity contribution in [3.63, 3.8) is 0 Å². The summed E-state index contributed by atoms with van der Waals surface area (Å²) in [5, 5.41) is 21.6. The number of hydrogen-bond donors (Lipinski definition) is 2. The van der Waals surface area contributed by atoms with Crippen LogP contribution in [0.3, 0.4) is 0 Å². The fourth-order valence-electron chi connectivity index (χ4n) is 3.75. The average Bonchev–Trinajstić information content (AvgIpc) is 3.20. The number of guanidine groups is 1. The summed E-state index contributed by atoms with van der Waals surface area (Å²) in [5.74, 6) is 0.785. The van der Waals surface area contributed by atoms with Crippen molar-refractivity contribution < 1.29 is 4.92 Å². The largest absolute Gasteiger partial charge is 0.357 e. The van der Waals surface area contributed by atoms with Crippen LogP contribution in [-0.4, -0.2) is 57.3 Å². The molecule has 10 heteroatoms. The standard InChI is InChI=1S/C21H31N7O2.HI/c1-3-22-21(23-10-12-27-16-20(14-24-27)28(29)30)25-19-9-11-26(17(2)13-19)15-18-7-5-4-6-8-18;/h4-8,14,16-17,19H,3,9-13,15H2,1-2H3,(H2,22,23,25);1H. The topological polar surface area (TPSA) is 101 Å². The molecule has 0 spiro atoms. The maximum Gasteiger partial charge on any atom is 0.306 e. The fourth-order valence-corrected chi connectivity index (χ4v) is 3.75. The summed E-state index contributed by atoms with van der Waals surface area (Å²) in [6, 6.07) is 11.5. The van der Waals surface area contributed by atoms with Gasteiger partial charge in [-0.3, -0.25) is 24.7 Å². The molecule has 2 heterocycles. The second kappa shape index (κ2) is 12.6. The molecular formula is C21H32IN7O2. The van der Waals surface area contributed by atoms with E-state index in [4.69, 9.17) is 0 Å². The molecular weight excluding hydrogens is 509 g/mol. The van der Waals surface area contributed by atoms with Gasteiger partial charge in [0.2, 0.25) is 0 Å². The molecule has 3 rings (SSSR count). The molecule has 1 aliphatic rings. The minimum atomic E-state index is -0.441. The second-order valence-electron chi connectivity index (χ2n) is 7.65. The Morgan fingerprint density at radius 1 is 1.35 bits per heavy atom. The van der Waals surface area contributed by atoms with Crippen LogP contribution in [0.4, 0.5) is 5.69 Å². The Balaban J connectivity index is 0.00000341. The lowest BCUT2D eigenvalue weighted by Gasteiger charge is -2.38. The lowest BCUT2D eigenvalue weighted by Crippen LogP contribution is -2.51. The molecule has 0 aliphatic carbocycles. The van der Waals surface area contributed by atoms with Crippen molar-refractivity contribution in [1.29, 1.82) is 0 Å². The van der Waals surface area contributed by atoms with Crippen molar-refractivity contribution in [2.45, 2.75) is 51.9 Å². The monoisotopic (exact) mass is 541 g/mol. The summed E-state index contributed by atoms with van der Waals surface area (Å²) in [6.45, 7) is 8.13. The predicted octanol–water partition coefficient (Wildman–Crippen LogP) is 3.02. The Hall–Kier alpha value is -2.21. The molecule has 31 heavy (non-hydrogen) atoms. The highest BCUT2D eigenvalue weighted by Gasteiger charge is 2.25. The maximum atomic E-state index is 10.8. The van der Waals surface area contributed by atoms with Crippen LogP contribution in [0.5, 0.6) is 0 Å². The average molecular weight is 541 g/mol. The zero-order valence-electron chi connectivity index (χ0n) is 18.1. The number of nitrogens with zero attached hydrogens (tertiary/aromatic N) is 5. The van der Waals surface area contributed by atoms with Crippen LogP contribution in [0.25, 0.3) is 0 Å². The van der Waals surface area contributed by atoms with Crippen LogP contribution in [0.2, 0.25) is 0 Å². The van der Waals surface area contributed by atoms with Crippen molar-refractivity contribution in [3.05, 3.63) is 58.4 Å². The molecule has 2 N–H and O–H groups in total. The first-order valence-electron chi connectivity index (χ1n) is 10.5. The molecule has 0 radical (unpaired) electrons. The number of benzene rings is 1. The predicted molar refractivity (Wildman–Crippen MR) is 133 cm³/mol. The maximum absolute atomic E-state index is 10.8. The molecule has 1 fully saturated rings. The van der Waals surface area contributed by atoms with E-state index in [2.05, 4.69) is 62.9 Å². The first-order chi connectivity index (χ1) is 14.5. The minimum Gasteiger partial charge on any atom is -0.357 e. The van der Waals surface area contributed by atoms with Crippen LogP contribution < -0.4 is 10.6 Å². The molecule has 170 valence electrons. The van der Waals surface area contributed by atoms with Gasteiger partial charge >= 0.3 is 5.69 Å². The van der Waals surface area contributed by atoms with Gasteiger partial charge in [-0.1, -0.05) is 30.3 Å². The summed E-state index contributed by atoms with van der Waals surface area (Å²) in [4.78, 5) is 17.5. The molecule has 1 aliphatic heterocycles. The smallest absolute Gasteiger partial charge is 0.306 e. The minimum absolute atomic E-state index is 0. The van der Waals surface area contributed by atoms with Crippen molar-refractivity contribution in [2.24, 2.45) is 4.99 Å². The molecule has 1 aromatic heterocycles. The number of piperidine rings is 1. The van der Waals surface area contributed by atoms with E-state index in [1.165, 1.54) is 18.0 Å². The first-order valence-corrected chi connectivity index (χ1v) is 10.5. The van der Waals surface area contributed by atoms with Gasteiger partial charge in [0.1, 0.15) is 12.4 Å².